The van der Waals surface area contributed by atoms with E-state index in [1.54, 1.807) is 37.4 Å². The Labute approximate surface area is 194 Å². The molecule has 7 nitrogen and oxygen atoms in total. The van der Waals surface area contributed by atoms with E-state index < -0.39 is 23.2 Å². The van der Waals surface area contributed by atoms with Gasteiger partial charge in [0.25, 0.3) is 5.91 Å². The summed E-state index contributed by atoms with van der Waals surface area (Å²) >= 11 is 0. The van der Waals surface area contributed by atoms with Crippen LogP contribution in [0.25, 0.3) is 16.8 Å². The van der Waals surface area contributed by atoms with Crippen LogP contribution in [0.2, 0.25) is 0 Å². The van der Waals surface area contributed by atoms with Crippen LogP contribution in [0.5, 0.6) is 0 Å². The summed E-state index contributed by atoms with van der Waals surface area (Å²) < 4.78 is 30.3. The van der Waals surface area contributed by atoms with Crippen molar-refractivity contribution < 1.29 is 18.7 Å². The number of amides is 1. The van der Waals surface area contributed by atoms with Gasteiger partial charge in [0.2, 0.25) is 5.95 Å². The minimum Gasteiger partial charge on any atom is -0.388 e. The minimum absolute atomic E-state index is 0.0505. The number of aliphatic hydroxyl groups is 1. The molecule has 1 fully saturated rings. The molecule has 34 heavy (non-hydrogen) atoms. The van der Waals surface area contributed by atoms with Gasteiger partial charge in [-0.3, -0.25) is 4.79 Å². The Hall–Kier alpha value is -3.85. The van der Waals surface area contributed by atoms with E-state index in [9.17, 15) is 14.3 Å². The quantitative estimate of drug-likeness (QED) is 0.403. The fourth-order valence-electron chi connectivity index (χ4n) is 4.29. The molecule has 0 spiro atoms. The fraction of sp³-hybridized carbons (Fsp3) is 0.240. The van der Waals surface area contributed by atoms with Gasteiger partial charge in [0.15, 0.2) is 5.65 Å². The largest absolute Gasteiger partial charge is 0.388 e. The monoisotopic (exact) mass is 463 g/mol. The van der Waals surface area contributed by atoms with Crippen molar-refractivity contribution in [2.45, 2.75) is 25.9 Å². The third-order valence-electron chi connectivity index (χ3n) is 6.50. The number of benzene rings is 2. The van der Waals surface area contributed by atoms with Crippen molar-refractivity contribution in [2.24, 2.45) is 5.41 Å². The summed E-state index contributed by atoms with van der Waals surface area (Å²) in [6.45, 7) is 1.85. The van der Waals surface area contributed by atoms with Crippen LogP contribution in [0.3, 0.4) is 0 Å². The van der Waals surface area contributed by atoms with Crippen molar-refractivity contribution in [3.63, 3.8) is 0 Å². The summed E-state index contributed by atoms with van der Waals surface area (Å²) in [5.74, 6) is -1.47. The van der Waals surface area contributed by atoms with Gasteiger partial charge in [-0.15, -0.1) is 5.10 Å². The molecule has 4 aromatic rings. The summed E-state index contributed by atoms with van der Waals surface area (Å²) in [5.41, 5.74) is 7.37. The van der Waals surface area contributed by atoms with Crippen LogP contribution in [0.1, 0.15) is 40.4 Å². The first kappa shape index (κ1) is 22.0. The summed E-state index contributed by atoms with van der Waals surface area (Å²) in [6, 6.07) is 12.3. The number of pyridine rings is 1. The number of aliphatic hydroxyl groups excluding tert-OH is 1. The minimum atomic E-state index is -0.854. The number of anilines is 1. The predicted molar refractivity (Wildman–Crippen MR) is 123 cm³/mol. The van der Waals surface area contributed by atoms with Gasteiger partial charge >= 0.3 is 0 Å². The fourth-order valence-corrected chi connectivity index (χ4v) is 4.29. The number of carbonyl (C=O) groups is 1. The van der Waals surface area contributed by atoms with Crippen LogP contribution < -0.4 is 11.1 Å². The highest BCUT2D eigenvalue weighted by Crippen LogP contribution is 2.54. The topological polar surface area (TPSA) is 106 Å². The zero-order chi connectivity index (χ0) is 24.0. The molecule has 1 saturated carbocycles. The number of hydrogen-bond donors (Lipinski definition) is 3. The third-order valence-corrected chi connectivity index (χ3v) is 6.50. The second-order valence-electron chi connectivity index (χ2n) is 8.81. The Morgan fingerprint density at radius 3 is 2.65 bits per heavy atom. The average Bonchev–Trinajstić information content (AvgIpc) is 3.51. The van der Waals surface area contributed by atoms with E-state index in [1.807, 2.05) is 0 Å². The zero-order valence-electron chi connectivity index (χ0n) is 18.4. The zero-order valence-corrected chi connectivity index (χ0v) is 18.4. The molecule has 9 heteroatoms. The van der Waals surface area contributed by atoms with Crippen LogP contribution in [-0.4, -0.2) is 32.2 Å². The van der Waals surface area contributed by atoms with Gasteiger partial charge in [-0.2, -0.15) is 4.98 Å². The first-order chi connectivity index (χ1) is 16.3. The van der Waals surface area contributed by atoms with E-state index in [4.69, 9.17) is 5.73 Å². The Bertz CT molecular complexity index is 1400. The number of halogens is 2. The highest BCUT2D eigenvalue weighted by atomic mass is 19.1. The molecule has 0 aliphatic heterocycles. The Morgan fingerprint density at radius 1 is 1.21 bits per heavy atom. The van der Waals surface area contributed by atoms with E-state index in [2.05, 4.69) is 15.4 Å². The number of hydrogen-bond acceptors (Lipinski definition) is 5. The lowest BCUT2D eigenvalue weighted by molar-refractivity contribution is 0.0805. The lowest BCUT2D eigenvalue weighted by atomic mass is 9.92. The van der Waals surface area contributed by atoms with Crippen molar-refractivity contribution >= 4 is 17.5 Å². The van der Waals surface area contributed by atoms with E-state index >= 15 is 4.39 Å². The van der Waals surface area contributed by atoms with Crippen molar-refractivity contribution in [1.82, 2.24) is 19.9 Å². The van der Waals surface area contributed by atoms with Crippen molar-refractivity contribution in [3.05, 3.63) is 83.1 Å². The van der Waals surface area contributed by atoms with E-state index in [0.717, 1.165) is 0 Å². The van der Waals surface area contributed by atoms with Gasteiger partial charge in [-0.25, -0.2) is 13.3 Å². The molecule has 1 aliphatic carbocycles. The number of rotatable bonds is 6. The number of nitrogens with two attached hydrogens (primary N) is 1. The summed E-state index contributed by atoms with van der Waals surface area (Å²) in [5, 5.41) is 17.6. The molecule has 2 heterocycles. The van der Waals surface area contributed by atoms with Gasteiger partial charge < -0.3 is 16.2 Å². The first-order valence-corrected chi connectivity index (χ1v) is 10.9. The average molecular weight is 463 g/mol. The highest BCUT2D eigenvalue weighted by molar-refractivity contribution is 5.97. The molecule has 0 bridgehead atoms. The Balaban J connectivity index is 1.38. The van der Waals surface area contributed by atoms with Gasteiger partial charge in [-0.1, -0.05) is 24.3 Å². The van der Waals surface area contributed by atoms with Crippen LogP contribution in [-0.2, 0) is 0 Å². The molecular formula is C25H23F2N5O2. The lowest BCUT2D eigenvalue weighted by Crippen LogP contribution is -2.34. The molecular weight excluding hydrogens is 440 g/mol. The molecule has 2 aromatic heterocycles. The van der Waals surface area contributed by atoms with Crippen LogP contribution in [0, 0.1) is 24.0 Å². The maximum Gasteiger partial charge on any atom is 0.254 e. The molecule has 1 amide bonds. The van der Waals surface area contributed by atoms with Crippen molar-refractivity contribution in [3.8, 4) is 11.1 Å². The highest BCUT2D eigenvalue weighted by Gasteiger charge is 2.49. The number of carbonyl (C=O) groups excluding carboxylic acids is 1. The first-order valence-electron chi connectivity index (χ1n) is 10.9. The molecule has 174 valence electrons. The molecule has 1 aliphatic rings. The Kier molecular flexibility index (Phi) is 5.28. The summed E-state index contributed by atoms with van der Waals surface area (Å²) in [6.07, 6.45) is 2.18. The van der Waals surface area contributed by atoms with Gasteiger partial charge in [-0.05, 0) is 60.7 Å². The maximum absolute atomic E-state index is 15.6. The van der Waals surface area contributed by atoms with E-state index in [-0.39, 0.29) is 29.4 Å². The summed E-state index contributed by atoms with van der Waals surface area (Å²) in [4.78, 5) is 17.1. The number of nitrogens with zero attached hydrogens (tertiary/aromatic N) is 3. The number of nitrogens with one attached hydrogen (secondary N) is 1. The van der Waals surface area contributed by atoms with Gasteiger partial charge in [0, 0.05) is 23.7 Å². The molecule has 5 rings (SSSR count). The SMILES string of the molecule is Cc1ccc(-c2ccn3nc(N)nc3c2)c(F)c1C(=O)NCC1([C@@H](O)c2ccc(F)cc2)CC1. The molecule has 1 atom stereocenters. The van der Waals surface area contributed by atoms with E-state index in [1.165, 1.54) is 28.8 Å². The molecule has 4 N–H and O–H groups in total. The predicted octanol–water partition coefficient (Wildman–Crippen LogP) is 3.81. The number of nitrogen functional groups attached to an aromatic ring is 1. The lowest BCUT2D eigenvalue weighted by Gasteiger charge is -2.23. The second-order valence-corrected chi connectivity index (χ2v) is 8.81. The molecule has 2 aromatic carbocycles. The number of fused-ring (bicyclic) bond motifs is 1. The van der Waals surface area contributed by atoms with Gasteiger partial charge in [0.1, 0.15) is 11.6 Å². The number of aromatic nitrogens is 3. The van der Waals surface area contributed by atoms with Crippen LogP contribution in [0.4, 0.5) is 14.7 Å². The van der Waals surface area contributed by atoms with Crippen molar-refractivity contribution in [2.75, 3.05) is 12.3 Å². The standard InChI is InChI=1S/C25H23F2N5O2/c1-14-2-7-18(16-8-11-32-19(12-16)30-24(28)31-32)21(27)20(14)23(34)29-13-25(9-10-25)22(33)15-3-5-17(26)6-4-15/h2-8,11-12,22,33H,9-10,13H2,1H3,(H2,28,31)(H,29,34)/t22-/m0/s1. The number of aryl methyl sites for hydroxylation is 1. The molecule has 0 radical (unpaired) electrons. The maximum atomic E-state index is 15.6. The van der Waals surface area contributed by atoms with Crippen molar-refractivity contribution in [1.29, 1.82) is 0 Å². The van der Waals surface area contributed by atoms with E-state index in [0.29, 0.717) is 35.2 Å². The Morgan fingerprint density at radius 2 is 1.94 bits per heavy atom. The van der Waals surface area contributed by atoms with Gasteiger partial charge in [0.05, 0.1) is 11.7 Å². The molecule has 0 unspecified atom stereocenters. The molecule has 0 saturated heterocycles. The van der Waals surface area contributed by atoms with Crippen LogP contribution >= 0.6 is 0 Å². The summed E-state index contributed by atoms with van der Waals surface area (Å²) in [7, 11) is 0. The normalized spacial score (nSPS) is 15.3. The van der Waals surface area contributed by atoms with Crippen LogP contribution in [0.15, 0.2) is 54.7 Å². The second kappa shape index (κ2) is 8.18. The third kappa shape index (κ3) is 3.88. The smallest absolute Gasteiger partial charge is 0.254 e.